The highest BCUT2D eigenvalue weighted by molar-refractivity contribution is 7.18. The van der Waals surface area contributed by atoms with Gasteiger partial charge in [0, 0.05) is 35.0 Å². The topological polar surface area (TPSA) is 90.5 Å². The average Bonchev–Trinajstić information content (AvgIpc) is 3.09. The molecule has 0 amide bonds. The number of ketones is 1. The summed E-state index contributed by atoms with van der Waals surface area (Å²) in [5.41, 5.74) is -0.0374. The summed E-state index contributed by atoms with van der Waals surface area (Å²) in [5, 5.41) is 10.2. The number of benzene rings is 1. The van der Waals surface area contributed by atoms with Crippen LogP contribution in [0.25, 0.3) is 10.2 Å². The van der Waals surface area contributed by atoms with Gasteiger partial charge >= 0.3 is 5.69 Å². The Balaban J connectivity index is 1.90. The molecule has 0 bridgehead atoms. The maximum Gasteiger partial charge on any atom is 0.332 e. The number of nitrogens with zero attached hydrogens (tertiary/aromatic N) is 2. The fraction of sp³-hybridized carbons (Fsp3) is 0.409. The highest BCUT2D eigenvalue weighted by Crippen LogP contribution is 2.37. The van der Waals surface area contributed by atoms with Gasteiger partial charge in [0.15, 0.2) is 5.78 Å². The van der Waals surface area contributed by atoms with Gasteiger partial charge in [0.05, 0.1) is 24.1 Å². The molecule has 1 aliphatic heterocycles. The zero-order chi connectivity index (χ0) is 22.3. The number of halogens is 1. The number of aliphatic hydroxyl groups is 1. The number of hydrogen-bond donors (Lipinski definition) is 1. The maximum atomic E-state index is 13.3. The molecule has 9 heteroatoms. The van der Waals surface area contributed by atoms with Gasteiger partial charge in [0.25, 0.3) is 5.56 Å². The SMILES string of the molecule is CC1(C)Cc2c(sc3c2c(=O)n(CCCO)c(=O)n3CC(=O)c2ccc(Cl)cc2)CO1. The molecule has 1 aromatic carbocycles. The number of thiophene rings is 1. The first-order valence-corrected chi connectivity index (χ1v) is 11.2. The van der Waals surface area contributed by atoms with Gasteiger partial charge in [-0.25, -0.2) is 4.79 Å². The van der Waals surface area contributed by atoms with Crippen LogP contribution < -0.4 is 11.2 Å². The lowest BCUT2D eigenvalue weighted by molar-refractivity contribution is -0.0379. The third-order valence-corrected chi connectivity index (χ3v) is 6.92. The Labute approximate surface area is 187 Å². The smallest absolute Gasteiger partial charge is 0.332 e. The normalized spacial score (nSPS) is 15.2. The van der Waals surface area contributed by atoms with E-state index < -0.39 is 11.3 Å². The third-order valence-electron chi connectivity index (χ3n) is 5.44. The second kappa shape index (κ2) is 8.35. The summed E-state index contributed by atoms with van der Waals surface area (Å²) in [4.78, 5) is 40.8. The van der Waals surface area contributed by atoms with Crippen molar-refractivity contribution in [2.75, 3.05) is 6.61 Å². The number of ether oxygens (including phenoxy) is 1. The summed E-state index contributed by atoms with van der Waals surface area (Å²) < 4.78 is 8.39. The lowest BCUT2D eigenvalue weighted by Gasteiger charge is -2.29. The van der Waals surface area contributed by atoms with E-state index in [-0.39, 0.29) is 37.5 Å². The summed E-state index contributed by atoms with van der Waals surface area (Å²) in [6, 6.07) is 6.48. The summed E-state index contributed by atoms with van der Waals surface area (Å²) >= 11 is 7.24. The van der Waals surface area contributed by atoms with Crippen molar-refractivity contribution in [1.29, 1.82) is 0 Å². The molecule has 0 radical (unpaired) electrons. The molecule has 0 unspecified atom stereocenters. The summed E-state index contributed by atoms with van der Waals surface area (Å²) in [5.74, 6) is -0.254. The quantitative estimate of drug-likeness (QED) is 0.569. The van der Waals surface area contributed by atoms with Crippen LogP contribution in [0.5, 0.6) is 0 Å². The van der Waals surface area contributed by atoms with E-state index in [1.807, 2.05) is 13.8 Å². The van der Waals surface area contributed by atoms with Gasteiger partial charge in [0.2, 0.25) is 0 Å². The van der Waals surface area contributed by atoms with E-state index in [1.54, 1.807) is 24.3 Å². The van der Waals surface area contributed by atoms with Crippen molar-refractivity contribution in [2.24, 2.45) is 0 Å². The zero-order valence-electron chi connectivity index (χ0n) is 17.3. The highest BCUT2D eigenvalue weighted by Gasteiger charge is 2.32. The van der Waals surface area contributed by atoms with Crippen molar-refractivity contribution in [3.8, 4) is 0 Å². The first-order valence-electron chi connectivity index (χ1n) is 10.0. The second-order valence-electron chi connectivity index (χ2n) is 8.24. The van der Waals surface area contributed by atoms with Gasteiger partial charge < -0.3 is 9.84 Å². The highest BCUT2D eigenvalue weighted by atomic mass is 35.5. The van der Waals surface area contributed by atoms with Crippen molar-refractivity contribution in [3.05, 3.63) is 66.1 Å². The number of fused-ring (bicyclic) bond motifs is 3. The number of aliphatic hydroxyl groups excluding tert-OH is 1. The first-order chi connectivity index (χ1) is 14.7. The van der Waals surface area contributed by atoms with E-state index in [0.717, 1.165) is 15.0 Å². The Bertz CT molecular complexity index is 1270. The van der Waals surface area contributed by atoms with Gasteiger partial charge in [-0.05, 0) is 50.1 Å². The average molecular weight is 463 g/mol. The molecule has 31 heavy (non-hydrogen) atoms. The second-order valence-corrected chi connectivity index (χ2v) is 9.76. The molecule has 1 N–H and O–H groups in total. The van der Waals surface area contributed by atoms with Crippen LogP contribution in [0.15, 0.2) is 33.9 Å². The Hall–Kier alpha value is -2.26. The number of Topliss-reactive ketones (excluding diaryl/α,β-unsaturated/α-hetero) is 1. The predicted molar refractivity (Wildman–Crippen MR) is 120 cm³/mol. The minimum atomic E-state index is -0.549. The van der Waals surface area contributed by atoms with E-state index in [9.17, 15) is 19.5 Å². The largest absolute Gasteiger partial charge is 0.396 e. The summed E-state index contributed by atoms with van der Waals surface area (Å²) in [7, 11) is 0. The Morgan fingerprint density at radius 2 is 1.94 bits per heavy atom. The maximum absolute atomic E-state index is 13.3. The zero-order valence-corrected chi connectivity index (χ0v) is 18.9. The van der Waals surface area contributed by atoms with Gasteiger partial charge in [0.1, 0.15) is 4.83 Å². The Morgan fingerprint density at radius 1 is 1.23 bits per heavy atom. The standard InChI is InChI=1S/C22H23ClN2O5S/c1-22(2)10-15-17(12-30-22)31-20-18(15)19(28)24(8-3-9-26)21(29)25(20)11-16(27)13-4-6-14(23)7-5-13/h4-7,26H,3,8-12H2,1-2H3. The first kappa shape index (κ1) is 22.0. The van der Waals surface area contributed by atoms with Crippen LogP contribution in [-0.4, -0.2) is 32.2 Å². The van der Waals surface area contributed by atoms with Crippen LogP contribution in [0.2, 0.25) is 5.02 Å². The Morgan fingerprint density at radius 3 is 2.61 bits per heavy atom. The van der Waals surface area contributed by atoms with Crippen LogP contribution in [0.3, 0.4) is 0 Å². The third kappa shape index (κ3) is 4.13. The molecule has 0 aliphatic carbocycles. The summed E-state index contributed by atoms with van der Waals surface area (Å²) in [6.07, 6.45) is 0.813. The van der Waals surface area contributed by atoms with Crippen LogP contribution in [-0.2, 0) is 30.9 Å². The molecule has 0 fully saturated rings. The monoisotopic (exact) mass is 462 g/mol. The molecule has 3 aromatic rings. The molecule has 164 valence electrons. The molecule has 0 saturated heterocycles. The van der Waals surface area contributed by atoms with Crippen molar-refractivity contribution in [2.45, 2.75) is 52.0 Å². The summed E-state index contributed by atoms with van der Waals surface area (Å²) in [6.45, 7) is 4.03. The van der Waals surface area contributed by atoms with E-state index in [2.05, 4.69) is 0 Å². The molecule has 1 aliphatic rings. The molecule has 4 rings (SSSR count). The number of hydrogen-bond acceptors (Lipinski definition) is 6. The van der Waals surface area contributed by atoms with E-state index in [4.69, 9.17) is 16.3 Å². The van der Waals surface area contributed by atoms with E-state index in [0.29, 0.717) is 33.8 Å². The van der Waals surface area contributed by atoms with Crippen LogP contribution in [0, 0.1) is 0 Å². The predicted octanol–water partition coefficient (Wildman–Crippen LogP) is 2.99. The lowest BCUT2D eigenvalue weighted by atomic mass is 9.94. The number of aromatic nitrogens is 2. The molecule has 0 spiro atoms. The number of carbonyl (C=O) groups is 1. The molecular weight excluding hydrogens is 440 g/mol. The Kier molecular flexibility index (Phi) is 5.91. The van der Waals surface area contributed by atoms with Crippen molar-refractivity contribution < 1.29 is 14.6 Å². The van der Waals surface area contributed by atoms with E-state index in [1.165, 1.54) is 15.9 Å². The van der Waals surface area contributed by atoms with Gasteiger partial charge in [-0.3, -0.25) is 18.7 Å². The number of carbonyl (C=O) groups excluding carboxylic acids is 1. The molecule has 0 saturated carbocycles. The molecule has 0 atom stereocenters. The van der Waals surface area contributed by atoms with Crippen LogP contribution in [0.1, 0.15) is 41.1 Å². The molecule has 2 aromatic heterocycles. The van der Waals surface area contributed by atoms with Crippen LogP contribution in [0.4, 0.5) is 0 Å². The lowest BCUT2D eigenvalue weighted by Crippen LogP contribution is -2.41. The van der Waals surface area contributed by atoms with Gasteiger partial charge in [-0.1, -0.05) is 11.6 Å². The van der Waals surface area contributed by atoms with Crippen molar-refractivity contribution in [3.63, 3.8) is 0 Å². The van der Waals surface area contributed by atoms with Crippen LogP contribution >= 0.6 is 22.9 Å². The fourth-order valence-corrected chi connectivity index (χ4v) is 5.18. The molecular formula is C22H23ClN2O5S. The van der Waals surface area contributed by atoms with Crippen molar-refractivity contribution >= 4 is 38.9 Å². The van der Waals surface area contributed by atoms with Crippen molar-refractivity contribution in [1.82, 2.24) is 9.13 Å². The van der Waals surface area contributed by atoms with E-state index >= 15 is 0 Å². The molecule has 7 nitrogen and oxygen atoms in total. The minimum absolute atomic E-state index is 0.0871. The minimum Gasteiger partial charge on any atom is -0.396 e. The van der Waals surface area contributed by atoms with Gasteiger partial charge in [-0.15, -0.1) is 11.3 Å². The van der Waals surface area contributed by atoms with Gasteiger partial charge in [-0.2, -0.15) is 0 Å². The fourth-order valence-electron chi connectivity index (χ4n) is 3.84. The number of rotatable bonds is 6. The molecule has 3 heterocycles.